The van der Waals surface area contributed by atoms with E-state index in [1.807, 2.05) is 19.2 Å². The summed E-state index contributed by atoms with van der Waals surface area (Å²) >= 11 is 0. The molecule has 0 spiro atoms. The molecular formula is C17H22FN. The number of nitrogens with one attached hydrogen (secondary N) is 1. The first-order valence-electron chi connectivity index (χ1n) is 7.68. The average Bonchev–Trinajstić information content (AvgIpc) is 2.40. The average molecular weight is 259 g/mol. The molecule has 0 radical (unpaired) electrons. The maximum atomic E-state index is 14.4. The van der Waals surface area contributed by atoms with Crippen molar-refractivity contribution in [3.8, 4) is 0 Å². The number of benzene rings is 1. The lowest BCUT2D eigenvalue weighted by Gasteiger charge is -2.61. The molecule has 0 amide bonds. The van der Waals surface area contributed by atoms with Gasteiger partial charge in [0.2, 0.25) is 0 Å². The Bertz CT molecular complexity index is 468. The fourth-order valence-electron chi connectivity index (χ4n) is 5.71. The zero-order valence-electron chi connectivity index (χ0n) is 11.5. The van der Waals surface area contributed by atoms with E-state index in [0.29, 0.717) is 11.8 Å². The van der Waals surface area contributed by atoms with Crippen LogP contribution in [-0.2, 0) is 5.54 Å². The van der Waals surface area contributed by atoms with Crippen molar-refractivity contribution in [2.45, 2.75) is 37.6 Å². The number of rotatable bonds is 2. The molecule has 0 aliphatic heterocycles. The molecule has 4 saturated carbocycles. The summed E-state index contributed by atoms with van der Waals surface area (Å²) in [5.74, 6) is 3.06. The second-order valence-corrected chi connectivity index (χ2v) is 6.90. The van der Waals surface area contributed by atoms with Crippen molar-refractivity contribution in [2.75, 3.05) is 7.05 Å². The summed E-state index contributed by atoms with van der Waals surface area (Å²) in [4.78, 5) is 0. The molecule has 1 aromatic carbocycles. The Morgan fingerprint density at radius 2 is 1.58 bits per heavy atom. The SMILES string of the molecule is CNC1(c2ccccc2F)C2CC3CC(C2)CC1C3. The van der Waals surface area contributed by atoms with Crippen LogP contribution in [0.25, 0.3) is 0 Å². The fraction of sp³-hybridized carbons (Fsp3) is 0.647. The lowest BCUT2D eigenvalue weighted by Crippen LogP contribution is -2.62. The molecule has 0 unspecified atom stereocenters. The first-order chi connectivity index (χ1) is 9.24. The largest absolute Gasteiger partial charge is 0.310 e. The van der Waals surface area contributed by atoms with E-state index < -0.39 is 0 Å². The van der Waals surface area contributed by atoms with E-state index in [2.05, 4.69) is 5.32 Å². The third kappa shape index (κ3) is 1.50. The van der Waals surface area contributed by atoms with Crippen LogP contribution in [0.4, 0.5) is 4.39 Å². The van der Waals surface area contributed by atoms with Gasteiger partial charge in [-0.3, -0.25) is 0 Å². The molecule has 0 aromatic heterocycles. The van der Waals surface area contributed by atoms with Crippen LogP contribution in [0.15, 0.2) is 24.3 Å². The maximum Gasteiger partial charge on any atom is 0.128 e. The smallest absolute Gasteiger partial charge is 0.128 e. The van der Waals surface area contributed by atoms with Crippen LogP contribution in [0.2, 0.25) is 0 Å². The monoisotopic (exact) mass is 259 g/mol. The van der Waals surface area contributed by atoms with Crippen LogP contribution in [0.1, 0.15) is 37.7 Å². The molecule has 1 nitrogen and oxygen atoms in total. The lowest BCUT2D eigenvalue weighted by atomic mass is 9.47. The van der Waals surface area contributed by atoms with E-state index >= 15 is 0 Å². The molecule has 5 rings (SSSR count). The van der Waals surface area contributed by atoms with Gasteiger partial charge in [-0.2, -0.15) is 0 Å². The van der Waals surface area contributed by atoms with Crippen LogP contribution in [0, 0.1) is 29.5 Å². The molecule has 4 bridgehead atoms. The standard InChI is InChI=1S/C17H22FN/c1-19-17(15-4-2-3-5-16(15)18)13-7-11-6-12(9-13)10-14(17)8-11/h2-5,11-14,19H,6-10H2,1H3. The van der Waals surface area contributed by atoms with Crippen LogP contribution in [0.3, 0.4) is 0 Å². The van der Waals surface area contributed by atoms with Crippen molar-refractivity contribution in [2.24, 2.45) is 23.7 Å². The van der Waals surface area contributed by atoms with Gasteiger partial charge in [-0.05, 0) is 68.9 Å². The molecule has 1 aromatic rings. The molecule has 1 N–H and O–H groups in total. The highest BCUT2D eigenvalue weighted by Gasteiger charge is 2.57. The van der Waals surface area contributed by atoms with Gasteiger partial charge in [-0.1, -0.05) is 18.2 Å². The summed E-state index contributed by atoms with van der Waals surface area (Å²) in [7, 11) is 2.04. The minimum Gasteiger partial charge on any atom is -0.310 e. The predicted octanol–water partition coefficient (Wildman–Crippen LogP) is 3.70. The van der Waals surface area contributed by atoms with Crippen molar-refractivity contribution in [1.82, 2.24) is 5.32 Å². The van der Waals surface area contributed by atoms with Gasteiger partial charge in [0.15, 0.2) is 0 Å². The Labute approximate surface area is 114 Å². The van der Waals surface area contributed by atoms with Crippen molar-refractivity contribution < 1.29 is 4.39 Å². The summed E-state index contributed by atoms with van der Waals surface area (Å²) in [6.07, 6.45) is 6.61. The highest BCUT2D eigenvalue weighted by Crippen LogP contribution is 2.61. The Hall–Kier alpha value is -0.890. The van der Waals surface area contributed by atoms with Gasteiger partial charge in [0.25, 0.3) is 0 Å². The summed E-state index contributed by atoms with van der Waals surface area (Å²) < 4.78 is 14.4. The summed E-state index contributed by atoms with van der Waals surface area (Å²) in [6, 6.07) is 7.43. The van der Waals surface area contributed by atoms with Crippen LogP contribution in [-0.4, -0.2) is 7.05 Å². The third-order valence-electron chi connectivity index (χ3n) is 6.16. The highest BCUT2D eigenvalue weighted by molar-refractivity contribution is 5.31. The maximum absolute atomic E-state index is 14.4. The van der Waals surface area contributed by atoms with Crippen molar-refractivity contribution in [3.05, 3.63) is 35.6 Å². The minimum absolute atomic E-state index is 0.0238. The third-order valence-corrected chi connectivity index (χ3v) is 6.16. The molecule has 0 heterocycles. The second kappa shape index (κ2) is 4.05. The van der Waals surface area contributed by atoms with E-state index in [9.17, 15) is 4.39 Å². The summed E-state index contributed by atoms with van der Waals surface area (Å²) in [6.45, 7) is 0. The van der Waals surface area contributed by atoms with E-state index in [1.165, 1.54) is 32.1 Å². The summed E-state index contributed by atoms with van der Waals surface area (Å²) in [5.41, 5.74) is 0.824. The number of halogens is 1. The van der Waals surface area contributed by atoms with Crippen molar-refractivity contribution in [3.63, 3.8) is 0 Å². The van der Waals surface area contributed by atoms with Gasteiger partial charge in [0, 0.05) is 5.56 Å². The van der Waals surface area contributed by atoms with Gasteiger partial charge in [-0.25, -0.2) is 4.39 Å². The van der Waals surface area contributed by atoms with E-state index in [-0.39, 0.29) is 11.4 Å². The van der Waals surface area contributed by atoms with Crippen LogP contribution >= 0.6 is 0 Å². The second-order valence-electron chi connectivity index (χ2n) is 6.90. The molecule has 102 valence electrons. The van der Waals surface area contributed by atoms with Gasteiger partial charge in [0.1, 0.15) is 5.82 Å². The molecule has 4 aliphatic rings. The quantitative estimate of drug-likeness (QED) is 0.854. The van der Waals surface area contributed by atoms with Gasteiger partial charge < -0.3 is 5.32 Å². The van der Waals surface area contributed by atoms with E-state index in [0.717, 1.165) is 17.4 Å². The minimum atomic E-state index is -0.0984. The van der Waals surface area contributed by atoms with Crippen LogP contribution < -0.4 is 5.32 Å². The van der Waals surface area contributed by atoms with Gasteiger partial charge >= 0.3 is 0 Å². The normalized spacial score (nSPS) is 43.7. The molecule has 0 saturated heterocycles. The van der Waals surface area contributed by atoms with E-state index in [1.54, 1.807) is 12.1 Å². The molecule has 2 heteroatoms. The highest BCUT2D eigenvalue weighted by atomic mass is 19.1. The number of hydrogen-bond donors (Lipinski definition) is 1. The first-order valence-corrected chi connectivity index (χ1v) is 7.68. The van der Waals surface area contributed by atoms with Crippen molar-refractivity contribution in [1.29, 1.82) is 0 Å². The Kier molecular flexibility index (Phi) is 2.54. The molecular weight excluding hydrogens is 237 g/mol. The predicted molar refractivity (Wildman–Crippen MR) is 74.2 cm³/mol. The fourth-order valence-corrected chi connectivity index (χ4v) is 5.71. The Balaban J connectivity index is 1.84. The number of hydrogen-bond acceptors (Lipinski definition) is 1. The lowest BCUT2D eigenvalue weighted by molar-refractivity contribution is -0.0758. The summed E-state index contributed by atoms with van der Waals surface area (Å²) in [5, 5.41) is 3.58. The van der Waals surface area contributed by atoms with E-state index in [4.69, 9.17) is 0 Å². The molecule has 19 heavy (non-hydrogen) atoms. The molecule has 0 atom stereocenters. The van der Waals surface area contributed by atoms with Gasteiger partial charge in [0.05, 0.1) is 5.54 Å². The van der Waals surface area contributed by atoms with Crippen molar-refractivity contribution >= 4 is 0 Å². The zero-order chi connectivity index (χ0) is 13.0. The van der Waals surface area contributed by atoms with Gasteiger partial charge in [-0.15, -0.1) is 0 Å². The molecule has 4 fully saturated rings. The topological polar surface area (TPSA) is 12.0 Å². The molecule has 4 aliphatic carbocycles. The van der Waals surface area contributed by atoms with Crippen LogP contribution in [0.5, 0.6) is 0 Å². The zero-order valence-corrected chi connectivity index (χ0v) is 11.5. The Morgan fingerprint density at radius 1 is 1.00 bits per heavy atom. The first kappa shape index (κ1) is 11.9. The Morgan fingerprint density at radius 3 is 2.11 bits per heavy atom.